The van der Waals surface area contributed by atoms with E-state index in [4.69, 9.17) is 4.98 Å². The average molecular weight is 267 g/mol. The lowest BCUT2D eigenvalue weighted by Gasteiger charge is -2.37. The largest absolute Gasteiger partial charge is 0.348 e. The van der Waals surface area contributed by atoms with Crippen LogP contribution in [0.25, 0.3) is 0 Å². The molecule has 0 amide bonds. The number of hydrogen-bond donors (Lipinski definition) is 1. The van der Waals surface area contributed by atoms with E-state index in [9.17, 15) is 0 Å². The van der Waals surface area contributed by atoms with Crippen molar-refractivity contribution in [3.05, 3.63) is 11.1 Å². The number of rotatable bonds is 4. The van der Waals surface area contributed by atoms with Crippen LogP contribution in [0.3, 0.4) is 0 Å². The van der Waals surface area contributed by atoms with Gasteiger partial charge in [-0.05, 0) is 31.7 Å². The Balaban J connectivity index is 2.05. The fourth-order valence-electron chi connectivity index (χ4n) is 2.62. The van der Waals surface area contributed by atoms with Crippen molar-refractivity contribution >= 4 is 16.5 Å². The zero-order valence-electron chi connectivity index (χ0n) is 12.0. The molecule has 1 atom stereocenters. The minimum Gasteiger partial charge on any atom is -0.348 e. The maximum absolute atomic E-state index is 4.80. The summed E-state index contributed by atoms with van der Waals surface area (Å²) in [5, 5.41) is 6.82. The Morgan fingerprint density at radius 1 is 1.56 bits per heavy atom. The van der Waals surface area contributed by atoms with E-state index in [1.165, 1.54) is 23.7 Å². The van der Waals surface area contributed by atoms with E-state index >= 15 is 0 Å². The van der Waals surface area contributed by atoms with Crippen LogP contribution < -0.4 is 10.2 Å². The maximum Gasteiger partial charge on any atom is 0.185 e. The summed E-state index contributed by atoms with van der Waals surface area (Å²) < 4.78 is 0. The van der Waals surface area contributed by atoms with Crippen LogP contribution in [0, 0.1) is 5.41 Å². The second kappa shape index (κ2) is 5.57. The number of nitrogens with one attached hydrogen (secondary N) is 1. The highest BCUT2D eigenvalue weighted by Gasteiger charge is 2.28. The van der Waals surface area contributed by atoms with E-state index in [0.29, 0.717) is 11.5 Å². The highest BCUT2D eigenvalue weighted by Crippen LogP contribution is 2.33. The molecule has 4 heteroatoms. The monoisotopic (exact) mass is 267 g/mol. The molecule has 0 spiro atoms. The molecule has 1 aliphatic rings. The first-order valence-electron chi connectivity index (χ1n) is 6.95. The molecule has 1 N–H and O–H groups in total. The number of piperidine rings is 1. The van der Waals surface area contributed by atoms with Crippen LogP contribution in [-0.2, 0) is 0 Å². The molecule has 2 rings (SSSR count). The van der Waals surface area contributed by atoms with Crippen molar-refractivity contribution in [2.75, 3.05) is 24.5 Å². The smallest absolute Gasteiger partial charge is 0.185 e. The fourth-order valence-corrected chi connectivity index (χ4v) is 3.56. The molecule has 1 unspecified atom stereocenters. The van der Waals surface area contributed by atoms with Crippen molar-refractivity contribution in [2.45, 2.75) is 46.6 Å². The van der Waals surface area contributed by atoms with Gasteiger partial charge in [0.05, 0.1) is 5.69 Å². The van der Waals surface area contributed by atoms with E-state index in [1.807, 2.05) is 0 Å². The van der Waals surface area contributed by atoms with Crippen molar-refractivity contribution in [1.82, 2.24) is 10.3 Å². The molecule has 0 bridgehead atoms. The second-order valence-electron chi connectivity index (χ2n) is 6.02. The van der Waals surface area contributed by atoms with E-state index in [-0.39, 0.29) is 0 Å². The van der Waals surface area contributed by atoms with Gasteiger partial charge in [-0.15, -0.1) is 11.3 Å². The van der Waals surface area contributed by atoms with Crippen molar-refractivity contribution in [3.63, 3.8) is 0 Å². The quantitative estimate of drug-likeness (QED) is 0.906. The third-order valence-electron chi connectivity index (χ3n) is 3.63. The Morgan fingerprint density at radius 3 is 3.00 bits per heavy atom. The predicted molar refractivity (Wildman–Crippen MR) is 79.4 cm³/mol. The predicted octanol–water partition coefficient (Wildman–Crippen LogP) is 3.44. The summed E-state index contributed by atoms with van der Waals surface area (Å²) in [5.41, 5.74) is 1.61. The lowest BCUT2D eigenvalue weighted by atomic mass is 9.84. The van der Waals surface area contributed by atoms with Crippen LogP contribution in [0.15, 0.2) is 5.38 Å². The number of thiazole rings is 1. The molecule has 0 aliphatic carbocycles. The fraction of sp³-hybridized carbons (Fsp3) is 0.786. The summed E-state index contributed by atoms with van der Waals surface area (Å²) in [6.45, 7) is 12.3. The molecule has 102 valence electrons. The van der Waals surface area contributed by atoms with Gasteiger partial charge < -0.3 is 10.2 Å². The van der Waals surface area contributed by atoms with Crippen LogP contribution >= 0.6 is 11.3 Å². The molecular formula is C14H25N3S. The molecule has 3 nitrogen and oxygen atoms in total. The topological polar surface area (TPSA) is 28.2 Å². The molecular weight excluding hydrogens is 242 g/mol. The van der Waals surface area contributed by atoms with E-state index in [1.54, 1.807) is 11.3 Å². The minimum absolute atomic E-state index is 0.359. The molecule has 0 aromatic carbocycles. The van der Waals surface area contributed by atoms with Crippen LogP contribution in [-0.4, -0.2) is 24.6 Å². The summed E-state index contributed by atoms with van der Waals surface area (Å²) >= 11 is 1.79. The summed E-state index contributed by atoms with van der Waals surface area (Å²) in [6.07, 6.45) is 2.61. The standard InChI is InChI=1S/C14H25N3S/c1-5-15-11(2)12-9-18-13(16-12)17-8-6-7-14(3,4)10-17/h9,11,15H,5-8,10H2,1-4H3. The molecule has 0 radical (unpaired) electrons. The molecule has 1 saturated heterocycles. The van der Waals surface area contributed by atoms with Crippen molar-refractivity contribution < 1.29 is 0 Å². The van der Waals surface area contributed by atoms with Crippen LogP contribution in [0.1, 0.15) is 52.3 Å². The Hall–Kier alpha value is -0.610. The normalized spacial score (nSPS) is 21.0. The van der Waals surface area contributed by atoms with Crippen molar-refractivity contribution in [2.24, 2.45) is 5.41 Å². The molecule has 1 aromatic rings. The summed E-state index contributed by atoms with van der Waals surface area (Å²) in [5.74, 6) is 0. The van der Waals surface area contributed by atoms with Gasteiger partial charge in [-0.2, -0.15) is 0 Å². The first-order valence-corrected chi connectivity index (χ1v) is 7.83. The minimum atomic E-state index is 0.359. The summed E-state index contributed by atoms with van der Waals surface area (Å²) in [6, 6.07) is 0.359. The van der Waals surface area contributed by atoms with Gasteiger partial charge in [-0.25, -0.2) is 4.98 Å². The van der Waals surface area contributed by atoms with Crippen LogP contribution in [0.5, 0.6) is 0 Å². The first-order chi connectivity index (χ1) is 8.52. The number of anilines is 1. The second-order valence-corrected chi connectivity index (χ2v) is 6.86. The molecule has 1 aromatic heterocycles. The summed E-state index contributed by atoms with van der Waals surface area (Å²) in [7, 11) is 0. The van der Waals surface area contributed by atoms with Gasteiger partial charge in [0, 0.05) is 24.5 Å². The first kappa shape index (κ1) is 13.8. The highest BCUT2D eigenvalue weighted by molar-refractivity contribution is 7.13. The Bertz CT molecular complexity index is 386. The van der Waals surface area contributed by atoms with Gasteiger partial charge in [-0.3, -0.25) is 0 Å². The zero-order chi connectivity index (χ0) is 13.2. The van der Waals surface area contributed by atoms with Crippen LogP contribution in [0.2, 0.25) is 0 Å². The van der Waals surface area contributed by atoms with Crippen molar-refractivity contribution in [3.8, 4) is 0 Å². The lowest BCUT2D eigenvalue weighted by Crippen LogP contribution is -2.40. The molecule has 2 heterocycles. The van der Waals surface area contributed by atoms with Crippen molar-refractivity contribution in [1.29, 1.82) is 0 Å². The zero-order valence-corrected chi connectivity index (χ0v) is 12.8. The van der Waals surface area contributed by atoms with Gasteiger partial charge in [0.2, 0.25) is 0 Å². The SMILES string of the molecule is CCNC(C)c1csc(N2CCCC(C)(C)C2)n1. The lowest BCUT2D eigenvalue weighted by molar-refractivity contribution is 0.293. The molecule has 1 aliphatic heterocycles. The van der Waals surface area contributed by atoms with E-state index < -0.39 is 0 Å². The Labute approximate surface area is 115 Å². The van der Waals surface area contributed by atoms with E-state index in [2.05, 4.69) is 43.3 Å². The molecule has 18 heavy (non-hydrogen) atoms. The van der Waals surface area contributed by atoms with Gasteiger partial charge >= 0.3 is 0 Å². The van der Waals surface area contributed by atoms with E-state index in [0.717, 1.165) is 19.6 Å². The number of hydrogen-bond acceptors (Lipinski definition) is 4. The third kappa shape index (κ3) is 3.23. The Morgan fingerprint density at radius 2 is 2.33 bits per heavy atom. The van der Waals surface area contributed by atoms with Crippen LogP contribution in [0.4, 0.5) is 5.13 Å². The van der Waals surface area contributed by atoms with Gasteiger partial charge in [0.25, 0.3) is 0 Å². The van der Waals surface area contributed by atoms with Gasteiger partial charge in [0.1, 0.15) is 0 Å². The highest BCUT2D eigenvalue weighted by atomic mass is 32.1. The molecule has 1 fully saturated rings. The average Bonchev–Trinajstić information content (AvgIpc) is 2.77. The Kier molecular flexibility index (Phi) is 4.28. The maximum atomic E-state index is 4.80. The van der Waals surface area contributed by atoms with Gasteiger partial charge in [0.15, 0.2) is 5.13 Å². The molecule has 0 saturated carbocycles. The third-order valence-corrected chi connectivity index (χ3v) is 4.55. The number of aromatic nitrogens is 1. The number of nitrogens with zero attached hydrogens (tertiary/aromatic N) is 2. The summed E-state index contributed by atoms with van der Waals surface area (Å²) in [4.78, 5) is 7.25. The van der Waals surface area contributed by atoms with Gasteiger partial charge in [-0.1, -0.05) is 20.8 Å².